The summed E-state index contributed by atoms with van der Waals surface area (Å²) >= 11 is 0. The van der Waals surface area contributed by atoms with Gasteiger partial charge in [-0.15, -0.1) is 0 Å². The summed E-state index contributed by atoms with van der Waals surface area (Å²) in [5, 5.41) is 3.09. The average Bonchev–Trinajstić information content (AvgIpc) is 3.19. The van der Waals surface area contributed by atoms with Gasteiger partial charge in [0.25, 0.3) is 0 Å². The number of hydrogen-bond donors (Lipinski definition) is 1. The molecule has 0 spiro atoms. The number of nitrogens with one attached hydrogen (secondary N) is 1. The van der Waals surface area contributed by atoms with Gasteiger partial charge in [0.2, 0.25) is 5.91 Å². The summed E-state index contributed by atoms with van der Waals surface area (Å²) in [6.45, 7) is 6.05. The topological polar surface area (TPSA) is 46.9 Å². The van der Waals surface area contributed by atoms with Gasteiger partial charge in [-0.1, -0.05) is 94.7 Å². The van der Waals surface area contributed by atoms with Crippen LogP contribution in [0.5, 0.6) is 0 Å². The Morgan fingerprint density at radius 3 is 2.29 bits per heavy atom. The first kappa shape index (κ1) is 26.0. The van der Waals surface area contributed by atoms with Gasteiger partial charge >= 0.3 is 0 Å². The Morgan fingerprint density at radius 1 is 0.853 bits per heavy atom. The molecular weight excluding hydrogens is 418 g/mol. The first-order valence-corrected chi connectivity index (χ1v) is 13.4. The zero-order valence-corrected chi connectivity index (χ0v) is 21.3. The van der Waals surface area contributed by atoms with Crippen LogP contribution in [-0.4, -0.2) is 22.0 Å². The van der Waals surface area contributed by atoms with Gasteiger partial charge in [0.15, 0.2) is 0 Å². The molecule has 0 aliphatic heterocycles. The van der Waals surface area contributed by atoms with E-state index in [9.17, 15) is 4.79 Å². The van der Waals surface area contributed by atoms with Gasteiger partial charge in [-0.25, -0.2) is 4.98 Å². The Kier molecular flexibility index (Phi) is 11.2. The predicted octanol–water partition coefficient (Wildman–Crippen LogP) is 7.17. The van der Waals surface area contributed by atoms with Gasteiger partial charge < -0.3 is 9.88 Å². The van der Waals surface area contributed by atoms with Crippen LogP contribution in [0.4, 0.5) is 0 Å². The number of nitrogens with zero attached hydrogens (tertiary/aromatic N) is 2. The van der Waals surface area contributed by atoms with Gasteiger partial charge in [-0.05, 0) is 43.0 Å². The molecule has 184 valence electrons. The van der Waals surface area contributed by atoms with Crippen molar-refractivity contribution in [2.75, 3.05) is 6.54 Å². The Hall–Kier alpha value is -2.62. The van der Waals surface area contributed by atoms with E-state index in [-0.39, 0.29) is 5.91 Å². The third kappa shape index (κ3) is 8.30. The maximum Gasteiger partial charge on any atom is 0.224 e. The molecule has 0 unspecified atom stereocenters. The minimum absolute atomic E-state index is 0.0949. The molecule has 0 aliphatic rings. The highest BCUT2D eigenvalue weighted by molar-refractivity contribution is 5.79. The van der Waals surface area contributed by atoms with Crippen molar-refractivity contribution in [1.29, 1.82) is 0 Å². The number of carbonyl (C=O) groups is 1. The predicted molar refractivity (Wildman–Crippen MR) is 143 cm³/mol. The zero-order valence-electron chi connectivity index (χ0n) is 21.3. The smallest absolute Gasteiger partial charge is 0.224 e. The molecule has 0 bridgehead atoms. The van der Waals surface area contributed by atoms with Crippen LogP contribution in [0.2, 0.25) is 0 Å². The maximum absolute atomic E-state index is 12.4. The fraction of sp³-hybridized carbons (Fsp3) is 0.533. The molecule has 0 fully saturated rings. The Morgan fingerprint density at radius 2 is 1.53 bits per heavy atom. The van der Waals surface area contributed by atoms with Crippen molar-refractivity contribution in [1.82, 2.24) is 14.9 Å². The van der Waals surface area contributed by atoms with E-state index < -0.39 is 0 Å². The lowest BCUT2D eigenvalue weighted by Crippen LogP contribution is -2.26. The first-order chi connectivity index (χ1) is 16.7. The highest BCUT2D eigenvalue weighted by Crippen LogP contribution is 2.19. The SMILES string of the molecule is CCCCCCCCCCCn1c(CCCNC(=O)Cc2ccccc2C)nc2ccccc21. The van der Waals surface area contributed by atoms with Crippen LogP contribution < -0.4 is 5.32 Å². The quantitative estimate of drug-likeness (QED) is 0.230. The molecule has 0 radical (unpaired) electrons. The van der Waals surface area contributed by atoms with Crippen molar-refractivity contribution in [3.8, 4) is 0 Å². The van der Waals surface area contributed by atoms with Crippen LogP contribution >= 0.6 is 0 Å². The Balaban J connectivity index is 1.43. The van der Waals surface area contributed by atoms with E-state index in [4.69, 9.17) is 4.98 Å². The number of imidazole rings is 1. The molecule has 0 saturated carbocycles. The largest absolute Gasteiger partial charge is 0.356 e. The molecule has 0 aliphatic carbocycles. The summed E-state index contributed by atoms with van der Waals surface area (Å²) in [5.74, 6) is 1.24. The summed E-state index contributed by atoms with van der Waals surface area (Å²) in [4.78, 5) is 17.3. The van der Waals surface area contributed by atoms with Crippen molar-refractivity contribution >= 4 is 16.9 Å². The van der Waals surface area contributed by atoms with Crippen molar-refractivity contribution in [3.05, 3.63) is 65.5 Å². The third-order valence-corrected chi connectivity index (χ3v) is 6.73. The number of para-hydroxylation sites is 2. The van der Waals surface area contributed by atoms with E-state index in [1.807, 2.05) is 18.2 Å². The molecule has 0 atom stereocenters. The monoisotopic (exact) mass is 461 g/mol. The van der Waals surface area contributed by atoms with E-state index in [1.54, 1.807) is 0 Å². The summed E-state index contributed by atoms with van der Waals surface area (Å²) in [6.07, 6.45) is 14.3. The Bertz CT molecular complexity index is 1010. The summed E-state index contributed by atoms with van der Waals surface area (Å²) in [7, 11) is 0. The maximum atomic E-state index is 12.4. The molecule has 0 saturated heterocycles. The third-order valence-electron chi connectivity index (χ3n) is 6.73. The van der Waals surface area contributed by atoms with Crippen molar-refractivity contribution in [3.63, 3.8) is 0 Å². The molecule has 1 amide bonds. The number of amides is 1. The van der Waals surface area contributed by atoms with Crippen molar-refractivity contribution in [2.24, 2.45) is 0 Å². The lowest BCUT2D eigenvalue weighted by Gasteiger charge is -2.10. The lowest BCUT2D eigenvalue weighted by atomic mass is 10.1. The number of benzene rings is 2. The molecule has 1 heterocycles. The average molecular weight is 462 g/mol. The first-order valence-electron chi connectivity index (χ1n) is 13.4. The number of aromatic nitrogens is 2. The molecule has 2 aromatic carbocycles. The standard InChI is InChI=1S/C30H43N3O/c1-3-4-5-6-7-8-9-10-15-23-33-28-20-14-13-19-27(28)32-29(33)21-16-22-31-30(34)24-26-18-12-11-17-25(26)2/h11-14,17-20H,3-10,15-16,21-24H2,1-2H3,(H,31,34). The van der Waals surface area contributed by atoms with Crippen LogP contribution in [-0.2, 0) is 24.2 Å². The summed E-state index contributed by atoms with van der Waals surface area (Å²) in [6, 6.07) is 16.6. The normalized spacial score (nSPS) is 11.2. The molecule has 1 N–H and O–H groups in total. The number of fused-ring (bicyclic) bond motifs is 1. The second-order valence-corrected chi connectivity index (χ2v) is 9.55. The number of unbranched alkanes of at least 4 members (excludes halogenated alkanes) is 8. The van der Waals surface area contributed by atoms with E-state index in [1.165, 1.54) is 68.9 Å². The van der Waals surface area contributed by atoms with E-state index in [2.05, 4.69) is 54.1 Å². The summed E-state index contributed by atoms with van der Waals surface area (Å²) < 4.78 is 2.41. The molecule has 4 nitrogen and oxygen atoms in total. The van der Waals surface area contributed by atoms with Crippen LogP contribution in [0.1, 0.15) is 88.1 Å². The minimum Gasteiger partial charge on any atom is -0.356 e. The van der Waals surface area contributed by atoms with Gasteiger partial charge in [0, 0.05) is 19.5 Å². The Labute approximate surface area is 206 Å². The molecule has 3 aromatic rings. The van der Waals surface area contributed by atoms with Crippen LogP contribution in [0.3, 0.4) is 0 Å². The second kappa shape index (κ2) is 14.6. The number of carbonyl (C=O) groups excluding carboxylic acids is 1. The van der Waals surface area contributed by atoms with Crippen molar-refractivity contribution < 1.29 is 4.79 Å². The number of hydrogen-bond acceptors (Lipinski definition) is 2. The molecule has 34 heavy (non-hydrogen) atoms. The van der Waals surface area contributed by atoms with E-state index in [0.29, 0.717) is 13.0 Å². The number of aryl methyl sites for hydroxylation is 3. The highest BCUT2D eigenvalue weighted by Gasteiger charge is 2.11. The van der Waals surface area contributed by atoms with Crippen molar-refractivity contribution in [2.45, 2.75) is 97.4 Å². The van der Waals surface area contributed by atoms with Gasteiger partial charge in [0.1, 0.15) is 5.82 Å². The van der Waals surface area contributed by atoms with Crippen LogP contribution in [0, 0.1) is 6.92 Å². The molecule has 3 rings (SSSR count). The van der Waals surface area contributed by atoms with Crippen LogP contribution in [0.15, 0.2) is 48.5 Å². The molecule has 4 heteroatoms. The van der Waals surface area contributed by atoms with Gasteiger partial charge in [0.05, 0.1) is 17.5 Å². The molecular formula is C30H43N3O. The summed E-state index contributed by atoms with van der Waals surface area (Å²) in [5.41, 5.74) is 4.59. The zero-order chi connectivity index (χ0) is 24.0. The fourth-order valence-electron chi connectivity index (χ4n) is 4.66. The minimum atomic E-state index is 0.0949. The van der Waals surface area contributed by atoms with E-state index >= 15 is 0 Å². The van der Waals surface area contributed by atoms with E-state index in [0.717, 1.165) is 36.3 Å². The highest BCUT2D eigenvalue weighted by atomic mass is 16.1. The van der Waals surface area contributed by atoms with Crippen LogP contribution in [0.25, 0.3) is 11.0 Å². The second-order valence-electron chi connectivity index (χ2n) is 9.55. The fourth-order valence-corrected chi connectivity index (χ4v) is 4.66. The lowest BCUT2D eigenvalue weighted by molar-refractivity contribution is -0.120. The molecule has 1 aromatic heterocycles. The van der Waals surface area contributed by atoms with Gasteiger partial charge in [-0.2, -0.15) is 0 Å². The van der Waals surface area contributed by atoms with Gasteiger partial charge in [-0.3, -0.25) is 4.79 Å². The number of rotatable bonds is 16.